The molecule has 2 rings (SSSR count). The molecule has 0 saturated heterocycles. The molecular formula is C15H16N4O2. The van der Waals surface area contributed by atoms with Crippen LogP contribution in [-0.4, -0.2) is 34.5 Å². The minimum Gasteiger partial charge on any atom is -0.461 e. The van der Waals surface area contributed by atoms with Gasteiger partial charge in [-0.25, -0.2) is 14.8 Å². The van der Waals surface area contributed by atoms with Crippen molar-refractivity contribution in [2.75, 3.05) is 13.2 Å². The van der Waals surface area contributed by atoms with Crippen LogP contribution in [0.4, 0.5) is 0 Å². The second kappa shape index (κ2) is 7.17. The second-order valence-electron chi connectivity index (χ2n) is 4.09. The summed E-state index contributed by atoms with van der Waals surface area (Å²) in [6.45, 7) is 4.45. The summed E-state index contributed by atoms with van der Waals surface area (Å²) >= 11 is 0. The third-order valence-corrected chi connectivity index (χ3v) is 2.61. The van der Waals surface area contributed by atoms with Gasteiger partial charge in [0.05, 0.1) is 12.6 Å². The molecule has 6 heteroatoms. The van der Waals surface area contributed by atoms with E-state index in [-0.39, 0.29) is 12.3 Å². The molecule has 2 heterocycles. The summed E-state index contributed by atoms with van der Waals surface area (Å²) in [7, 11) is 0. The van der Waals surface area contributed by atoms with E-state index in [1.165, 1.54) is 0 Å². The van der Waals surface area contributed by atoms with Gasteiger partial charge in [0.1, 0.15) is 5.65 Å². The van der Waals surface area contributed by atoms with Gasteiger partial charge in [-0.3, -0.25) is 0 Å². The Kier molecular flexibility index (Phi) is 5.01. The standard InChI is InChI=1S/C15H16N4O2/c1-3-16-11-18-13(15(20)21-4-2)9-12-5-7-19-8-6-17-14(19)10-12/h5-10H,3-4H2,1-2H3/b13-9+. The number of aromatic nitrogens is 2. The van der Waals surface area contributed by atoms with E-state index in [9.17, 15) is 4.79 Å². The molecule has 0 amide bonds. The largest absolute Gasteiger partial charge is 0.461 e. The molecule has 108 valence electrons. The lowest BCUT2D eigenvalue weighted by Crippen LogP contribution is -2.06. The number of hydrogen-bond acceptors (Lipinski definition) is 5. The van der Waals surface area contributed by atoms with Crippen LogP contribution >= 0.6 is 0 Å². The maximum absolute atomic E-state index is 11.9. The molecule has 0 unspecified atom stereocenters. The summed E-state index contributed by atoms with van der Waals surface area (Å²) in [6, 6.07) is 6.20. The lowest BCUT2D eigenvalue weighted by atomic mass is 10.2. The highest BCUT2D eigenvalue weighted by molar-refractivity contribution is 5.94. The fraction of sp³-hybridized carbons (Fsp3) is 0.267. The first-order valence-electron chi connectivity index (χ1n) is 6.68. The monoisotopic (exact) mass is 284 g/mol. The molecular weight excluding hydrogens is 268 g/mol. The molecule has 0 aliphatic carbocycles. The quantitative estimate of drug-likeness (QED) is 0.481. The highest BCUT2D eigenvalue weighted by Gasteiger charge is 2.09. The minimum atomic E-state index is -0.500. The molecule has 0 saturated carbocycles. The highest BCUT2D eigenvalue weighted by Crippen LogP contribution is 2.12. The Hall–Kier alpha value is -2.72. The Morgan fingerprint density at radius 3 is 3.10 bits per heavy atom. The van der Waals surface area contributed by atoms with E-state index in [0.717, 1.165) is 11.2 Å². The molecule has 2 aromatic rings. The zero-order valence-corrected chi connectivity index (χ0v) is 12.0. The fourth-order valence-corrected chi connectivity index (χ4v) is 1.68. The Morgan fingerprint density at radius 2 is 2.33 bits per heavy atom. The lowest BCUT2D eigenvalue weighted by molar-refractivity contribution is -0.138. The van der Waals surface area contributed by atoms with Crippen LogP contribution in [0.15, 0.2) is 46.4 Å². The van der Waals surface area contributed by atoms with Crippen molar-refractivity contribution in [3.63, 3.8) is 0 Å². The summed E-state index contributed by atoms with van der Waals surface area (Å²) in [5, 5.41) is 0. The van der Waals surface area contributed by atoms with Crippen molar-refractivity contribution >= 4 is 23.7 Å². The van der Waals surface area contributed by atoms with Crippen LogP contribution in [0.25, 0.3) is 11.7 Å². The van der Waals surface area contributed by atoms with Crippen molar-refractivity contribution < 1.29 is 9.53 Å². The Bertz CT molecular complexity index is 720. The number of nitrogens with zero attached hydrogens (tertiary/aromatic N) is 4. The van der Waals surface area contributed by atoms with Crippen molar-refractivity contribution in [1.82, 2.24) is 9.38 Å². The minimum absolute atomic E-state index is 0.157. The zero-order chi connectivity index (χ0) is 15.1. The van der Waals surface area contributed by atoms with Crippen molar-refractivity contribution in [3.05, 3.63) is 42.0 Å². The summed E-state index contributed by atoms with van der Waals surface area (Å²) in [5.41, 5.74) is 1.75. The SMILES string of the molecule is CCN=C=N/C(=C/c1ccn2ccnc2c1)C(=O)OCC. The van der Waals surface area contributed by atoms with E-state index < -0.39 is 5.97 Å². The highest BCUT2D eigenvalue weighted by atomic mass is 16.5. The maximum atomic E-state index is 11.9. The molecule has 0 N–H and O–H groups in total. The van der Waals surface area contributed by atoms with Crippen molar-refractivity contribution in [2.45, 2.75) is 13.8 Å². The van der Waals surface area contributed by atoms with Gasteiger partial charge in [0.25, 0.3) is 0 Å². The Balaban J connectivity index is 2.37. The molecule has 6 nitrogen and oxygen atoms in total. The second-order valence-corrected chi connectivity index (χ2v) is 4.09. The lowest BCUT2D eigenvalue weighted by Gasteiger charge is -2.01. The van der Waals surface area contributed by atoms with Gasteiger partial charge in [0.15, 0.2) is 5.70 Å². The molecule has 0 bridgehead atoms. The smallest absolute Gasteiger partial charge is 0.357 e. The predicted octanol–water partition coefficient (Wildman–Crippen LogP) is 2.43. The molecule has 0 spiro atoms. The number of pyridine rings is 1. The Labute approximate surface area is 122 Å². The van der Waals surface area contributed by atoms with Gasteiger partial charge in [-0.05, 0) is 37.6 Å². The number of carbonyl (C=O) groups is 1. The summed E-state index contributed by atoms with van der Waals surface area (Å²) in [6.07, 6.45) is 7.05. The van der Waals surface area contributed by atoms with Gasteiger partial charge in [-0.15, -0.1) is 0 Å². The van der Waals surface area contributed by atoms with E-state index in [2.05, 4.69) is 21.0 Å². The number of fused-ring (bicyclic) bond motifs is 1. The molecule has 0 aliphatic rings. The average Bonchev–Trinajstić information content (AvgIpc) is 2.94. The van der Waals surface area contributed by atoms with Crippen LogP contribution in [0.5, 0.6) is 0 Å². The molecule has 0 atom stereocenters. The van der Waals surface area contributed by atoms with Crippen LogP contribution in [0.3, 0.4) is 0 Å². The number of aliphatic imine (C=N–C) groups is 2. The van der Waals surface area contributed by atoms with Crippen LogP contribution < -0.4 is 0 Å². The van der Waals surface area contributed by atoms with E-state index in [0.29, 0.717) is 6.54 Å². The van der Waals surface area contributed by atoms with Gasteiger partial charge < -0.3 is 9.14 Å². The van der Waals surface area contributed by atoms with E-state index in [1.807, 2.05) is 35.9 Å². The van der Waals surface area contributed by atoms with Crippen LogP contribution in [-0.2, 0) is 9.53 Å². The van der Waals surface area contributed by atoms with Gasteiger partial charge >= 0.3 is 5.97 Å². The third kappa shape index (κ3) is 3.87. The molecule has 21 heavy (non-hydrogen) atoms. The number of carbonyl (C=O) groups excluding carboxylic acids is 1. The number of hydrogen-bond donors (Lipinski definition) is 0. The predicted molar refractivity (Wildman–Crippen MR) is 80.2 cm³/mol. The van der Waals surface area contributed by atoms with Gasteiger partial charge in [-0.1, -0.05) is 0 Å². The number of rotatable bonds is 5. The molecule has 0 aromatic carbocycles. The summed E-state index contributed by atoms with van der Waals surface area (Å²) < 4.78 is 6.85. The van der Waals surface area contributed by atoms with Gasteiger partial charge in [-0.2, -0.15) is 4.99 Å². The van der Waals surface area contributed by atoms with E-state index in [4.69, 9.17) is 4.74 Å². The first kappa shape index (κ1) is 14.7. The normalized spacial score (nSPS) is 11.0. The fourth-order valence-electron chi connectivity index (χ4n) is 1.68. The van der Waals surface area contributed by atoms with Crippen LogP contribution in [0, 0.1) is 0 Å². The van der Waals surface area contributed by atoms with E-state index >= 15 is 0 Å². The first-order valence-corrected chi connectivity index (χ1v) is 6.68. The first-order chi connectivity index (χ1) is 10.2. The summed E-state index contributed by atoms with van der Waals surface area (Å²) in [5.74, 6) is -0.500. The van der Waals surface area contributed by atoms with Crippen molar-refractivity contribution in [3.8, 4) is 0 Å². The molecule has 0 radical (unpaired) electrons. The Morgan fingerprint density at radius 1 is 1.48 bits per heavy atom. The number of ether oxygens (including phenoxy) is 1. The number of imidazole rings is 1. The topological polar surface area (TPSA) is 68.3 Å². The molecule has 2 aromatic heterocycles. The third-order valence-electron chi connectivity index (χ3n) is 2.61. The number of esters is 1. The van der Waals surface area contributed by atoms with Crippen molar-refractivity contribution in [1.29, 1.82) is 0 Å². The van der Waals surface area contributed by atoms with Crippen LogP contribution in [0.1, 0.15) is 19.4 Å². The van der Waals surface area contributed by atoms with E-state index in [1.54, 1.807) is 19.2 Å². The summed E-state index contributed by atoms with van der Waals surface area (Å²) in [4.78, 5) is 23.9. The van der Waals surface area contributed by atoms with Crippen molar-refractivity contribution in [2.24, 2.45) is 9.98 Å². The average molecular weight is 284 g/mol. The van der Waals surface area contributed by atoms with Gasteiger partial charge in [0.2, 0.25) is 0 Å². The molecule has 0 fully saturated rings. The molecule has 0 aliphatic heterocycles. The van der Waals surface area contributed by atoms with Crippen LogP contribution in [0.2, 0.25) is 0 Å². The maximum Gasteiger partial charge on any atom is 0.357 e. The van der Waals surface area contributed by atoms with Gasteiger partial charge in [0, 0.05) is 25.1 Å². The zero-order valence-electron chi connectivity index (χ0n) is 12.0.